The molecular weight excluding hydrogens is 236 g/mol. The van der Waals surface area contributed by atoms with Gasteiger partial charge in [-0.25, -0.2) is 9.78 Å². The normalized spacial score (nSPS) is 11.6. The van der Waals surface area contributed by atoms with Gasteiger partial charge in [0.05, 0.1) is 17.8 Å². The van der Waals surface area contributed by atoms with E-state index in [1.165, 1.54) is 11.3 Å². The van der Waals surface area contributed by atoms with Crippen LogP contribution in [0.4, 0.5) is 0 Å². The molecule has 0 unspecified atom stereocenters. The average Bonchev–Trinajstić information content (AvgIpc) is 2.71. The van der Waals surface area contributed by atoms with Crippen molar-refractivity contribution in [3.05, 3.63) is 15.6 Å². The number of thiazole rings is 1. The zero-order valence-corrected chi connectivity index (χ0v) is 11.7. The number of nitrogens with two attached hydrogens (primary N) is 1. The van der Waals surface area contributed by atoms with E-state index < -0.39 is 5.54 Å². The van der Waals surface area contributed by atoms with Crippen molar-refractivity contribution in [3.8, 4) is 0 Å². The molecule has 5 heteroatoms. The fourth-order valence-corrected chi connectivity index (χ4v) is 2.75. The first-order chi connectivity index (χ1) is 7.98. The van der Waals surface area contributed by atoms with Gasteiger partial charge in [0, 0.05) is 0 Å². The molecule has 0 aliphatic rings. The molecular formula is C12H20N2O2S. The quantitative estimate of drug-likeness (QED) is 0.822. The van der Waals surface area contributed by atoms with Gasteiger partial charge in [0.15, 0.2) is 0 Å². The fraction of sp³-hybridized carbons (Fsp3) is 0.667. The molecule has 0 aliphatic heterocycles. The third-order valence-corrected chi connectivity index (χ3v) is 4.30. The monoisotopic (exact) mass is 256 g/mol. The lowest BCUT2D eigenvalue weighted by molar-refractivity contribution is 0.0531. The van der Waals surface area contributed by atoms with Crippen LogP contribution >= 0.6 is 11.3 Å². The summed E-state index contributed by atoms with van der Waals surface area (Å²) in [6.45, 7) is 8.05. The lowest BCUT2D eigenvalue weighted by atomic mass is 9.95. The van der Waals surface area contributed by atoms with Gasteiger partial charge in [-0.15, -0.1) is 11.3 Å². The topological polar surface area (TPSA) is 65.2 Å². The van der Waals surface area contributed by atoms with Gasteiger partial charge in [0.1, 0.15) is 9.88 Å². The van der Waals surface area contributed by atoms with Crippen LogP contribution in [0, 0.1) is 6.92 Å². The van der Waals surface area contributed by atoms with E-state index in [1.54, 1.807) is 6.92 Å². The van der Waals surface area contributed by atoms with E-state index in [1.807, 2.05) is 20.8 Å². The Morgan fingerprint density at radius 1 is 1.41 bits per heavy atom. The van der Waals surface area contributed by atoms with E-state index in [9.17, 15) is 4.79 Å². The average molecular weight is 256 g/mol. The lowest BCUT2D eigenvalue weighted by Gasteiger charge is -2.23. The van der Waals surface area contributed by atoms with E-state index in [0.717, 1.165) is 17.8 Å². The summed E-state index contributed by atoms with van der Waals surface area (Å²) in [5.74, 6) is -0.302. The maximum Gasteiger partial charge on any atom is 0.350 e. The number of aromatic nitrogens is 1. The fourth-order valence-electron chi connectivity index (χ4n) is 1.55. The third kappa shape index (κ3) is 2.84. The molecule has 0 radical (unpaired) electrons. The summed E-state index contributed by atoms with van der Waals surface area (Å²) in [4.78, 5) is 16.7. The number of carbonyl (C=O) groups is 1. The first kappa shape index (κ1) is 14.1. The van der Waals surface area contributed by atoms with Gasteiger partial charge in [-0.2, -0.15) is 0 Å². The first-order valence-electron chi connectivity index (χ1n) is 5.92. The highest BCUT2D eigenvalue weighted by molar-refractivity contribution is 7.13. The second-order valence-electron chi connectivity index (χ2n) is 4.02. The van der Waals surface area contributed by atoms with Crippen molar-refractivity contribution in [1.82, 2.24) is 4.98 Å². The van der Waals surface area contributed by atoms with E-state index in [-0.39, 0.29) is 5.97 Å². The number of esters is 1. The Balaban J connectivity index is 3.07. The van der Waals surface area contributed by atoms with Gasteiger partial charge >= 0.3 is 5.97 Å². The highest BCUT2D eigenvalue weighted by Gasteiger charge is 2.29. The second-order valence-corrected chi connectivity index (χ2v) is 5.02. The Morgan fingerprint density at radius 3 is 2.47 bits per heavy atom. The minimum absolute atomic E-state index is 0.302. The summed E-state index contributed by atoms with van der Waals surface area (Å²) in [5, 5.41) is 0.822. The molecule has 0 aliphatic carbocycles. The lowest BCUT2D eigenvalue weighted by Crippen LogP contribution is -2.34. The minimum atomic E-state index is -0.430. The zero-order valence-electron chi connectivity index (χ0n) is 10.9. The highest BCUT2D eigenvalue weighted by Crippen LogP contribution is 2.31. The van der Waals surface area contributed by atoms with E-state index >= 15 is 0 Å². The molecule has 17 heavy (non-hydrogen) atoms. The van der Waals surface area contributed by atoms with Crippen molar-refractivity contribution in [2.24, 2.45) is 5.73 Å². The van der Waals surface area contributed by atoms with Gasteiger partial charge in [-0.3, -0.25) is 0 Å². The van der Waals surface area contributed by atoms with Gasteiger partial charge in [0.25, 0.3) is 0 Å². The predicted octanol–water partition coefficient (Wildman–Crippen LogP) is 2.60. The Morgan fingerprint density at radius 2 is 2.00 bits per heavy atom. The largest absolute Gasteiger partial charge is 0.462 e. The number of carbonyl (C=O) groups excluding carboxylic acids is 1. The van der Waals surface area contributed by atoms with Crippen molar-refractivity contribution in [2.75, 3.05) is 6.61 Å². The van der Waals surface area contributed by atoms with Crippen LogP contribution in [0.15, 0.2) is 0 Å². The number of hydrogen-bond donors (Lipinski definition) is 1. The number of ether oxygens (including phenoxy) is 1. The summed E-state index contributed by atoms with van der Waals surface area (Å²) >= 11 is 1.35. The smallest absolute Gasteiger partial charge is 0.350 e. The summed E-state index contributed by atoms with van der Waals surface area (Å²) in [6.07, 6.45) is 1.61. The standard InChI is InChI=1S/C12H20N2O2S/c1-5-12(13,6-2)11-14-8(4)9(17-11)10(15)16-7-3/h5-7,13H2,1-4H3. The Labute approximate surface area is 106 Å². The van der Waals surface area contributed by atoms with Crippen molar-refractivity contribution in [1.29, 1.82) is 0 Å². The molecule has 0 amide bonds. The molecule has 0 aromatic carbocycles. The number of rotatable bonds is 5. The van der Waals surface area contributed by atoms with Crippen molar-refractivity contribution in [3.63, 3.8) is 0 Å². The molecule has 96 valence electrons. The van der Waals surface area contributed by atoms with Crippen molar-refractivity contribution in [2.45, 2.75) is 46.1 Å². The SMILES string of the molecule is CCOC(=O)c1sc(C(N)(CC)CC)nc1C. The first-order valence-corrected chi connectivity index (χ1v) is 6.74. The summed E-state index contributed by atoms with van der Waals surface area (Å²) in [5.41, 5.74) is 6.55. The molecule has 1 aromatic heterocycles. The summed E-state index contributed by atoms with van der Waals surface area (Å²) in [7, 11) is 0. The van der Waals surface area contributed by atoms with Crippen molar-refractivity contribution < 1.29 is 9.53 Å². The Bertz CT molecular complexity index is 397. The van der Waals surface area contributed by atoms with Gasteiger partial charge < -0.3 is 10.5 Å². The molecule has 0 bridgehead atoms. The third-order valence-electron chi connectivity index (χ3n) is 2.95. The van der Waals surface area contributed by atoms with Gasteiger partial charge in [-0.1, -0.05) is 13.8 Å². The maximum absolute atomic E-state index is 11.7. The van der Waals surface area contributed by atoms with Crippen LogP contribution in [-0.4, -0.2) is 17.6 Å². The Kier molecular flexibility index (Phi) is 4.65. The number of aryl methyl sites for hydroxylation is 1. The van der Waals surface area contributed by atoms with Gasteiger partial charge in [-0.05, 0) is 26.7 Å². The van der Waals surface area contributed by atoms with Crippen LogP contribution in [0.25, 0.3) is 0 Å². The predicted molar refractivity (Wildman–Crippen MR) is 69.3 cm³/mol. The maximum atomic E-state index is 11.7. The van der Waals surface area contributed by atoms with Crippen LogP contribution in [-0.2, 0) is 10.3 Å². The van der Waals surface area contributed by atoms with E-state index in [0.29, 0.717) is 17.2 Å². The molecule has 0 saturated heterocycles. The van der Waals surface area contributed by atoms with E-state index in [2.05, 4.69) is 4.98 Å². The zero-order chi connectivity index (χ0) is 13.1. The van der Waals surface area contributed by atoms with Gasteiger partial charge in [0.2, 0.25) is 0 Å². The van der Waals surface area contributed by atoms with Crippen molar-refractivity contribution >= 4 is 17.3 Å². The summed E-state index contributed by atoms with van der Waals surface area (Å²) < 4.78 is 4.99. The van der Waals surface area contributed by atoms with Crippen LogP contribution < -0.4 is 5.73 Å². The molecule has 0 spiro atoms. The van der Waals surface area contributed by atoms with Crippen LogP contribution in [0.1, 0.15) is 54.0 Å². The molecule has 0 fully saturated rings. The molecule has 0 saturated carbocycles. The number of nitrogens with zero attached hydrogens (tertiary/aromatic N) is 1. The second kappa shape index (κ2) is 5.60. The van der Waals surface area contributed by atoms with Crippen LogP contribution in [0.3, 0.4) is 0 Å². The highest BCUT2D eigenvalue weighted by atomic mass is 32.1. The van der Waals surface area contributed by atoms with Crippen LogP contribution in [0.5, 0.6) is 0 Å². The van der Waals surface area contributed by atoms with E-state index in [4.69, 9.17) is 10.5 Å². The molecule has 1 heterocycles. The van der Waals surface area contributed by atoms with Crippen LogP contribution in [0.2, 0.25) is 0 Å². The Hall–Kier alpha value is -0.940. The molecule has 1 aromatic rings. The molecule has 1 rings (SSSR count). The molecule has 0 atom stereocenters. The molecule has 4 nitrogen and oxygen atoms in total. The minimum Gasteiger partial charge on any atom is -0.462 e. The summed E-state index contributed by atoms with van der Waals surface area (Å²) in [6, 6.07) is 0. The molecule has 2 N–H and O–H groups in total. The number of hydrogen-bond acceptors (Lipinski definition) is 5.